The van der Waals surface area contributed by atoms with Crippen molar-refractivity contribution in [2.75, 3.05) is 0 Å². The molecular formula is C9H11NSi. The highest BCUT2D eigenvalue weighted by molar-refractivity contribution is 6.59. The van der Waals surface area contributed by atoms with Crippen LogP contribution in [0.2, 0.25) is 0 Å². The predicted molar refractivity (Wildman–Crippen MR) is 49.1 cm³/mol. The third-order valence-corrected chi connectivity index (χ3v) is 2.66. The van der Waals surface area contributed by atoms with Crippen LogP contribution in [0, 0.1) is 0 Å². The number of pyridine rings is 1. The van der Waals surface area contributed by atoms with Gasteiger partial charge in [0, 0.05) is 11.5 Å². The molecule has 1 nitrogen and oxygen atoms in total. The number of rotatable bonds is 2. The summed E-state index contributed by atoms with van der Waals surface area (Å²) in [6.45, 7) is 4.19. The molecular weight excluding hydrogens is 150 g/mol. The van der Waals surface area contributed by atoms with Crippen molar-refractivity contribution in [1.82, 2.24) is 4.98 Å². The van der Waals surface area contributed by atoms with E-state index in [1.807, 2.05) is 18.3 Å². The molecule has 0 bridgehead atoms. The van der Waals surface area contributed by atoms with E-state index in [-0.39, 0.29) is 0 Å². The van der Waals surface area contributed by atoms with Gasteiger partial charge in [0.25, 0.3) is 0 Å². The van der Waals surface area contributed by atoms with Crippen molar-refractivity contribution in [2.45, 2.75) is 13.8 Å². The van der Waals surface area contributed by atoms with Crippen molar-refractivity contribution in [2.24, 2.45) is 0 Å². The van der Waals surface area contributed by atoms with Crippen molar-refractivity contribution in [1.29, 1.82) is 0 Å². The van der Waals surface area contributed by atoms with E-state index in [2.05, 4.69) is 31.0 Å². The minimum atomic E-state index is 0.728. The van der Waals surface area contributed by atoms with Gasteiger partial charge in [-0.2, -0.15) is 0 Å². The van der Waals surface area contributed by atoms with Gasteiger partial charge in [-0.15, -0.1) is 0 Å². The molecule has 0 aliphatic rings. The van der Waals surface area contributed by atoms with Gasteiger partial charge in [0.05, 0.1) is 0 Å². The molecule has 0 saturated heterocycles. The van der Waals surface area contributed by atoms with E-state index in [0.29, 0.717) is 0 Å². The minimum absolute atomic E-state index is 0.728. The first-order valence-corrected chi connectivity index (χ1v) is 4.64. The third-order valence-electron chi connectivity index (χ3n) is 1.42. The Morgan fingerprint density at radius 1 is 1.55 bits per heavy atom. The number of allylic oxidation sites excluding steroid dienone is 2. The average molecular weight is 161 g/mol. The van der Waals surface area contributed by atoms with E-state index in [0.717, 1.165) is 9.52 Å². The Bertz CT molecular complexity index is 241. The highest BCUT2D eigenvalue weighted by atomic mass is 28.2. The van der Waals surface area contributed by atoms with E-state index >= 15 is 0 Å². The van der Waals surface area contributed by atoms with Crippen LogP contribution < -0.4 is 5.32 Å². The molecule has 2 radical (unpaired) electrons. The lowest BCUT2D eigenvalue weighted by Crippen LogP contribution is -2.18. The summed E-state index contributed by atoms with van der Waals surface area (Å²) in [5.41, 5.74) is 0. The number of hydrogen-bond donors (Lipinski definition) is 0. The normalized spacial score (nSPS) is 11.6. The van der Waals surface area contributed by atoms with Gasteiger partial charge in [0.1, 0.15) is 9.52 Å². The molecule has 1 aromatic heterocycles. The maximum atomic E-state index is 4.24. The quantitative estimate of drug-likeness (QED) is 0.596. The molecule has 0 aromatic carbocycles. The minimum Gasteiger partial charge on any atom is -0.266 e. The summed E-state index contributed by atoms with van der Waals surface area (Å²) in [6, 6.07) is 6.03. The number of nitrogens with zero attached hydrogens (tertiary/aromatic N) is 1. The monoisotopic (exact) mass is 161 g/mol. The molecule has 0 aliphatic carbocycles. The van der Waals surface area contributed by atoms with Crippen LogP contribution in [-0.2, 0) is 0 Å². The van der Waals surface area contributed by atoms with Crippen LogP contribution in [0.4, 0.5) is 0 Å². The zero-order chi connectivity index (χ0) is 8.10. The molecule has 0 atom stereocenters. The Morgan fingerprint density at radius 2 is 2.36 bits per heavy atom. The van der Waals surface area contributed by atoms with Crippen molar-refractivity contribution < 1.29 is 0 Å². The predicted octanol–water partition coefficient (Wildman–Crippen LogP) is 1.33. The van der Waals surface area contributed by atoms with Crippen LogP contribution in [0.25, 0.3) is 0 Å². The molecule has 0 fully saturated rings. The van der Waals surface area contributed by atoms with Crippen LogP contribution in [0.3, 0.4) is 0 Å². The largest absolute Gasteiger partial charge is 0.266 e. The van der Waals surface area contributed by atoms with Gasteiger partial charge in [0.2, 0.25) is 0 Å². The Balaban J connectivity index is 2.65. The topological polar surface area (TPSA) is 12.9 Å². The lowest BCUT2D eigenvalue weighted by atomic mass is 10.5. The van der Waals surface area contributed by atoms with E-state index in [1.165, 1.54) is 10.5 Å². The smallest absolute Gasteiger partial charge is 0.141 e. The molecule has 1 heterocycles. The fourth-order valence-corrected chi connectivity index (χ4v) is 1.58. The third kappa shape index (κ3) is 2.68. The number of hydrogen-bond acceptors (Lipinski definition) is 1. The molecule has 0 aliphatic heterocycles. The zero-order valence-electron chi connectivity index (χ0n) is 6.83. The van der Waals surface area contributed by atoms with E-state index < -0.39 is 0 Å². The van der Waals surface area contributed by atoms with Gasteiger partial charge in [-0.05, 0) is 26.0 Å². The highest BCUT2D eigenvalue weighted by Gasteiger charge is 1.94. The second-order valence-electron chi connectivity index (χ2n) is 2.31. The first kappa shape index (κ1) is 8.21. The van der Waals surface area contributed by atoms with Gasteiger partial charge < -0.3 is 0 Å². The lowest BCUT2D eigenvalue weighted by Gasteiger charge is -1.96. The Labute approximate surface area is 70.0 Å². The Hall–Kier alpha value is -0.893. The van der Waals surface area contributed by atoms with E-state index in [4.69, 9.17) is 0 Å². The maximum absolute atomic E-state index is 4.24. The van der Waals surface area contributed by atoms with Crippen LogP contribution in [0.1, 0.15) is 13.8 Å². The zero-order valence-corrected chi connectivity index (χ0v) is 7.83. The molecule has 2 heteroatoms. The number of aromatic nitrogens is 1. The summed E-state index contributed by atoms with van der Waals surface area (Å²) in [5, 5.41) is 2.56. The molecule has 0 spiro atoms. The molecule has 0 N–H and O–H groups in total. The van der Waals surface area contributed by atoms with Gasteiger partial charge in [-0.25, -0.2) is 0 Å². The summed E-state index contributed by atoms with van der Waals surface area (Å²) >= 11 is 0. The molecule has 0 unspecified atom stereocenters. The van der Waals surface area contributed by atoms with Gasteiger partial charge in [0.15, 0.2) is 0 Å². The van der Waals surface area contributed by atoms with Crippen molar-refractivity contribution in [3.05, 3.63) is 35.7 Å². The van der Waals surface area contributed by atoms with E-state index in [9.17, 15) is 0 Å². The summed E-state index contributed by atoms with van der Waals surface area (Å²) in [4.78, 5) is 4.24. The molecule has 11 heavy (non-hydrogen) atoms. The van der Waals surface area contributed by atoms with Crippen LogP contribution in [0.15, 0.2) is 35.7 Å². The van der Waals surface area contributed by atoms with Gasteiger partial charge in [-0.3, -0.25) is 4.98 Å². The molecule has 56 valence electrons. The SMILES string of the molecule is CC=C(C)[Si]c1ccccn1. The maximum Gasteiger partial charge on any atom is 0.141 e. The molecule has 1 rings (SSSR count). The summed E-state index contributed by atoms with van der Waals surface area (Å²) in [6.07, 6.45) is 3.97. The summed E-state index contributed by atoms with van der Waals surface area (Å²) < 4.78 is 0. The fourth-order valence-electron chi connectivity index (χ4n) is 0.711. The van der Waals surface area contributed by atoms with Crippen molar-refractivity contribution in [3.63, 3.8) is 0 Å². The van der Waals surface area contributed by atoms with Crippen molar-refractivity contribution in [3.8, 4) is 0 Å². The Kier molecular flexibility index (Phi) is 3.05. The summed E-state index contributed by atoms with van der Waals surface area (Å²) in [7, 11) is 0.728. The molecule has 1 aromatic rings. The van der Waals surface area contributed by atoms with Crippen LogP contribution in [0.5, 0.6) is 0 Å². The molecule has 0 saturated carbocycles. The first-order chi connectivity index (χ1) is 5.33. The first-order valence-electron chi connectivity index (χ1n) is 3.64. The van der Waals surface area contributed by atoms with Gasteiger partial charge in [-0.1, -0.05) is 17.3 Å². The van der Waals surface area contributed by atoms with Crippen LogP contribution in [-0.4, -0.2) is 14.5 Å². The van der Waals surface area contributed by atoms with Crippen LogP contribution >= 0.6 is 0 Å². The fraction of sp³-hybridized carbons (Fsp3) is 0.222. The second kappa shape index (κ2) is 4.08. The highest BCUT2D eigenvalue weighted by Crippen LogP contribution is 1.87. The van der Waals surface area contributed by atoms with Gasteiger partial charge >= 0.3 is 0 Å². The summed E-state index contributed by atoms with van der Waals surface area (Å²) in [5.74, 6) is 0. The average Bonchev–Trinajstić information content (AvgIpc) is 2.06. The lowest BCUT2D eigenvalue weighted by molar-refractivity contribution is 1.38. The standard InChI is InChI=1S/C9H11NSi/c1-3-8(2)11-9-6-4-5-7-10-9/h3-7H,1-2H3. The van der Waals surface area contributed by atoms with E-state index in [1.54, 1.807) is 0 Å². The second-order valence-corrected chi connectivity index (χ2v) is 3.86. The Morgan fingerprint density at radius 3 is 2.91 bits per heavy atom. The van der Waals surface area contributed by atoms with Crippen molar-refractivity contribution >= 4 is 14.8 Å². The molecule has 0 amide bonds.